The van der Waals surface area contributed by atoms with Crippen molar-refractivity contribution in [2.45, 2.75) is 32.4 Å². The Balaban J connectivity index is 2.22. The smallest absolute Gasteiger partial charge is 0.315 e. The number of aromatic nitrogens is 2. The van der Waals surface area contributed by atoms with Crippen molar-refractivity contribution < 1.29 is 9.66 Å². The average molecular weight is 354 g/mol. The van der Waals surface area contributed by atoms with Gasteiger partial charge in [-0.15, -0.1) is 0 Å². The monoisotopic (exact) mass is 353 g/mol. The number of hydrogen-bond donors (Lipinski definition) is 0. The summed E-state index contributed by atoms with van der Waals surface area (Å²) >= 11 is 6.00. The molecule has 0 N–H and O–H groups in total. The van der Waals surface area contributed by atoms with Crippen LogP contribution in [0.15, 0.2) is 30.5 Å². The molecule has 0 saturated carbocycles. The molecule has 124 valence electrons. The van der Waals surface area contributed by atoms with Gasteiger partial charge in [0.2, 0.25) is 0 Å². The van der Waals surface area contributed by atoms with Gasteiger partial charge < -0.3 is 4.74 Å². The average Bonchev–Trinajstić information content (AvgIpc) is 2.86. The molecular weight excluding hydrogens is 334 g/mol. The first kappa shape index (κ1) is 17.6. The van der Waals surface area contributed by atoms with Crippen LogP contribution in [0.3, 0.4) is 0 Å². The molecule has 6 nitrogen and oxygen atoms in total. The van der Waals surface area contributed by atoms with E-state index in [0.717, 1.165) is 6.04 Å². The van der Waals surface area contributed by atoms with Gasteiger partial charge in [-0.3, -0.25) is 10.1 Å². The molecule has 0 amide bonds. The van der Waals surface area contributed by atoms with Crippen molar-refractivity contribution in [1.29, 1.82) is 0 Å². The van der Waals surface area contributed by atoms with Crippen LogP contribution in [0.5, 0.6) is 0 Å². The van der Waals surface area contributed by atoms with Crippen molar-refractivity contribution in [3.63, 3.8) is 0 Å². The Morgan fingerprint density at radius 3 is 2.74 bits per heavy atom. The van der Waals surface area contributed by atoms with Gasteiger partial charge in [0.05, 0.1) is 4.92 Å². The first-order valence-corrected chi connectivity index (χ1v) is 11.4. The summed E-state index contributed by atoms with van der Waals surface area (Å²) in [6.07, 6.45) is 1.25. The lowest BCUT2D eigenvalue weighted by molar-refractivity contribution is -0.384. The van der Waals surface area contributed by atoms with E-state index in [1.165, 1.54) is 10.9 Å². The van der Waals surface area contributed by atoms with Crippen LogP contribution in [0.2, 0.25) is 30.7 Å². The molecule has 0 saturated heterocycles. The van der Waals surface area contributed by atoms with Gasteiger partial charge in [0.1, 0.15) is 18.6 Å². The second-order valence-corrected chi connectivity index (χ2v) is 12.6. The minimum Gasteiger partial charge on any atom is -0.360 e. The summed E-state index contributed by atoms with van der Waals surface area (Å²) in [7, 11) is -1.17. The van der Waals surface area contributed by atoms with Crippen LogP contribution < -0.4 is 0 Å². The highest BCUT2D eigenvalue weighted by Crippen LogP contribution is 2.31. The number of nitrogens with zero attached hydrogens (tertiary/aromatic N) is 3. The Labute approximate surface area is 141 Å². The summed E-state index contributed by atoms with van der Waals surface area (Å²) in [5.74, 6) is 0. The maximum atomic E-state index is 11.2. The SMILES string of the molecule is C[Si](C)(C)CCOCn1ncc([N+](=O)[O-])c1-c1cccc(Cl)c1. The van der Waals surface area contributed by atoms with E-state index in [4.69, 9.17) is 16.3 Å². The summed E-state index contributed by atoms with van der Waals surface area (Å²) in [6, 6.07) is 7.97. The number of benzene rings is 1. The summed E-state index contributed by atoms with van der Waals surface area (Å²) in [4.78, 5) is 10.8. The normalized spacial score (nSPS) is 11.7. The molecule has 0 unspecified atom stereocenters. The van der Waals surface area contributed by atoms with E-state index in [1.807, 2.05) is 0 Å². The Morgan fingerprint density at radius 2 is 2.13 bits per heavy atom. The molecule has 0 aliphatic rings. The zero-order valence-corrected chi connectivity index (χ0v) is 15.2. The van der Waals surface area contributed by atoms with Gasteiger partial charge in [-0.1, -0.05) is 43.4 Å². The van der Waals surface area contributed by atoms with E-state index < -0.39 is 13.0 Å². The Kier molecular flexibility index (Phi) is 5.56. The van der Waals surface area contributed by atoms with Crippen LogP contribution in [-0.2, 0) is 11.5 Å². The van der Waals surface area contributed by atoms with E-state index in [9.17, 15) is 10.1 Å². The van der Waals surface area contributed by atoms with Crippen molar-refractivity contribution in [3.8, 4) is 11.3 Å². The van der Waals surface area contributed by atoms with Crippen molar-refractivity contribution in [2.75, 3.05) is 6.61 Å². The van der Waals surface area contributed by atoms with E-state index in [2.05, 4.69) is 24.7 Å². The van der Waals surface area contributed by atoms with Gasteiger partial charge in [-0.25, -0.2) is 4.68 Å². The third-order valence-corrected chi connectivity index (χ3v) is 5.26. The summed E-state index contributed by atoms with van der Waals surface area (Å²) < 4.78 is 7.17. The largest absolute Gasteiger partial charge is 0.360 e. The zero-order chi connectivity index (χ0) is 17.0. The fourth-order valence-electron chi connectivity index (χ4n) is 2.07. The van der Waals surface area contributed by atoms with Crippen LogP contribution in [0.1, 0.15) is 0 Å². The lowest BCUT2D eigenvalue weighted by Crippen LogP contribution is -2.22. The second kappa shape index (κ2) is 7.25. The van der Waals surface area contributed by atoms with Gasteiger partial charge >= 0.3 is 5.69 Å². The lowest BCUT2D eigenvalue weighted by atomic mass is 10.1. The highest BCUT2D eigenvalue weighted by molar-refractivity contribution is 6.76. The molecule has 0 atom stereocenters. The third kappa shape index (κ3) is 4.88. The maximum absolute atomic E-state index is 11.2. The number of ether oxygens (including phenoxy) is 1. The molecule has 1 aromatic heterocycles. The highest BCUT2D eigenvalue weighted by atomic mass is 35.5. The minimum atomic E-state index is -1.17. The van der Waals surface area contributed by atoms with Gasteiger partial charge in [0.25, 0.3) is 0 Å². The fraction of sp³-hybridized carbons (Fsp3) is 0.400. The van der Waals surface area contributed by atoms with Gasteiger partial charge in [0.15, 0.2) is 0 Å². The minimum absolute atomic E-state index is 0.0546. The molecule has 2 rings (SSSR count). The van der Waals surface area contributed by atoms with Crippen LogP contribution in [0, 0.1) is 10.1 Å². The molecule has 0 bridgehead atoms. The number of halogens is 1. The molecule has 1 heterocycles. The second-order valence-electron chi connectivity index (χ2n) is 6.49. The van der Waals surface area contributed by atoms with E-state index in [1.54, 1.807) is 24.3 Å². The van der Waals surface area contributed by atoms with Gasteiger partial charge in [-0.05, 0) is 18.2 Å². The van der Waals surface area contributed by atoms with Crippen LogP contribution >= 0.6 is 11.6 Å². The quantitative estimate of drug-likeness (QED) is 0.319. The molecule has 0 fully saturated rings. The van der Waals surface area contributed by atoms with Crippen molar-refractivity contribution in [3.05, 3.63) is 45.6 Å². The molecule has 2 aromatic rings. The summed E-state index contributed by atoms with van der Waals surface area (Å²) in [6.45, 7) is 7.62. The first-order chi connectivity index (χ1) is 10.8. The van der Waals surface area contributed by atoms with E-state index in [-0.39, 0.29) is 12.4 Å². The van der Waals surface area contributed by atoms with E-state index >= 15 is 0 Å². The first-order valence-electron chi connectivity index (χ1n) is 7.32. The van der Waals surface area contributed by atoms with Crippen LogP contribution in [0.25, 0.3) is 11.3 Å². The molecule has 0 radical (unpaired) electrons. The Morgan fingerprint density at radius 1 is 1.39 bits per heavy atom. The topological polar surface area (TPSA) is 70.2 Å². The molecular formula is C15H20ClN3O3Si. The molecule has 1 aromatic carbocycles. The standard InChI is InChI=1S/C15H20ClN3O3Si/c1-23(2,3)8-7-22-11-18-15(14(10-17-18)19(20)21)12-5-4-6-13(16)9-12/h4-6,9-10H,7-8,11H2,1-3H3. The van der Waals surface area contributed by atoms with E-state index in [0.29, 0.717) is 22.9 Å². The fourth-order valence-corrected chi connectivity index (χ4v) is 3.02. The third-order valence-electron chi connectivity index (χ3n) is 3.32. The maximum Gasteiger partial charge on any atom is 0.315 e. The number of nitro groups is 1. The molecule has 8 heteroatoms. The zero-order valence-electron chi connectivity index (χ0n) is 13.5. The summed E-state index contributed by atoms with van der Waals surface area (Å²) in [5, 5.41) is 15.9. The highest BCUT2D eigenvalue weighted by Gasteiger charge is 2.22. The predicted molar refractivity (Wildman–Crippen MR) is 93.4 cm³/mol. The molecule has 0 aliphatic carbocycles. The predicted octanol–water partition coefficient (Wildman–Crippen LogP) is 4.42. The lowest BCUT2D eigenvalue weighted by Gasteiger charge is -2.15. The Hall–Kier alpha value is -1.70. The van der Waals surface area contributed by atoms with Crippen molar-refractivity contribution in [1.82, 2.24) is 9.78 Å². The van der Waals surface area contributed by atoms with Gasteiger partial charge in [0, 0.05) is 25.3 Å². The van der Waals surface area contributed by atoms with Crippen molar-refractivity contribution in [2.24, 2.45) is 0 Å². The summed E-state index contributed by atoms with van der Waals surface area (Å²) in [5.41, 5.74) is 1.00. The van der Waals surface area contributed by atoms with Crippen molar-refractivity contribution >= 4 is 25.4 Å². The van der Waals surface area contributed by atoms with Crippen LogP contribution in [0.4, 0.5) is 5.69 Å². The number of rotatable bonds is 7. The van der Waals surface area contributed by atoms with Gasteiger partial charge in [-0.2, -0.15) is 5.10 Å². The molecule has 0 spiro atoms. The Bertz CT molecular complexity index is 698. The molecule has 23 heavy (non-hydrogen) atoms. The molecule has 0 aliphatic heterocycles. The number of hydrogen-bond acceptors (Lipinski definition) is 4. The van der Waals surface area contributed by atoms with Crippen LogP contribution in [-0.4, -0.2) is 29.4 Å².